The Kier molecular flexibility index (Phi) is 5.79. The molecule has 0 aliphatic carbocycles. The second-order valence-electron chi connectivity index (χ2n) is 7.13. The molecule has 1 N–H and O–H groups in total. The van der Waals surface area contributed by atoms with Crippen LogP contribution in [0, 0.1) is 5.92 Å². The molecule has 2 aliphatic heterocycles. The summed E-state index contributed by atoms with van der Waals surface area (Å²) in [5, 5.41) is 6.49. The number of ether oxygens (including phenoxy) is 1. The number of morpholine rings is 1. The number of nitrogens with zero attached hydrogens (tertiary/aromatic N) is 3. The van der Waals surface area contributed by atoms with Gasteiger partial charge in [-0.05, 0) is 45.6 Å². The van der Waals surface area contributed by atoms with E-state index in [4.69, 9.17) is 16.3 Å². The number of rotatable bonds is 4. The number of H-pyrrole nitrogens is 1. The molecule has 0 radical (unpaired) electrons. The lowest BCUT2D eigenvalue weighted by atomic mass is 9.93. The highest BCUT2D eigenvalue weighted by molar-refractivity contribution is 6.32. The van der Waals surface area contributed by atoms with Crippen LogP contribution in [0.3, 0.4) is 0 Å². The quantitative estimate of drug-likeness (QED) is 0.897. The number of nitrogens with one attached hydrogen (secondary N) is 1. The summed E-state index contributed by atoms with van der Waals surface area (Å²) in [6, 6.07) is 0. The smallest absolute Gasteiger partial charge is 0.285 e. The second-order valence-corrected chi connectivity index (χ2v) is 7.51. The van der Waals surface area contributed by atoms with Crippen molar-refractivity contribution in [3.8, 4) is 0 Å². The molecular formula is C17H27ClN4O2. The van der Waals surface area contributed by atoms with Crippen molar-refractivity contribution >= 4 is 17.3 Å². The molecule has 2 unspecified atom stereocenters. The van der Waals surface area contributed by atoms with Crippen LogP contribution in [0.1, 0.15) is 33.1 Å². The molecule has 0 amide bonds. The van der Waals surface area contributed by atoms with Gasteiger partial charge in [-0.3, -0.25) is 9.69 Å². The van der Waals surface area contributed by atoms with Gasteiger partial charge in [0, 0.05) is 26.2 Å². The van der Waals surface area contributed by atoms with E-state index in [1.54, 1.807) is 6.20 Å². The zero-order valence-electron chi connectivity index (χ0n) is 14.5. The molecule has 3 rings (SSSR count). The topological polar surface area (TPSA) is 61.5 Å². The number of hydrogen-bond acceptors (Lipinski definition) is 5. The standard InChI is InChI=1S/C17H27ClN4O2/c1-12-10-21(11-13(2)24-12)6-3-14-4-7-22(8-5-14)15-9-19-20-17(23)16(15)18/h9,12-14H,3-8,10-11H2,1-2H3,(H,20,23). The van der Waals surface area contributed by atoms with Gasteiger partial charge in [0.25, 0.3) is 5.56 Å². The van der Waals surface area contributed by atoms with Gasteiger partial charge < -0.3 is 9.64 Å². The molecule has 134 valence electrons. The molecule has 0 bridgehead atoms. The minimum atomic E-state index is -0.313. The first-order chi connectivity index (χ1) is 11.5. The Morgan fingerprint density at radius 2 is 1.96 bits per heavy atom. The van der Waals surface area contributed by atoms with Crippen LogP contribution in [0.5, 0.6) is 0 Å². The Morgan fingerprint density at radius 1 is 1.29 bits per heavy atom. The Labute approximate surface area is 148 Å². The van der Waals surface area contributed by atoms with Crippen molar-refractivity contribution in [2.45, 2.75) is 45.3 Å². The Bertz CT molecular complexity index is 590. The fraction of sp³-hybridized carbons (Fsp3) is 0.765. The van der Waals surface area contributed by atoms with E-state index in [0.717, 1.165) is 57.2 Å². The lowest BCUT2D eigenvalue weighted by Gasteiger charge is -2.37. The lowest BCUT2D eigenvalue weighted by molar-refractivity contribution is -0.0690. The predicted molar refractivity (Wildman–Crippen MR) is 95.9 cm³/mol. The minimum absolute atomic E-state index is 0.250. The van der Waals surface area contributed by atoms with Gasteiger partial charge in [0.15, 0.2) is 0 Å². The van der Waals surface area contributed by atoms with Crippen molar-refractivity contribution in [2.24, 2.45) is 5.92 Å². The summed E-state index contributed by atoms with van der Waals surface area (Å²) in [6.45, 7) is 9.41. The number of aromatic nitrogens is 2. The molecule has 0 spiro atoms. The van der Waals surface area contributed by atoms with Gasteiger partial charge in [0.1, 0.15) is 5.02 Å². The van der Waals surface area contributed by atoms with Crippen LogP contribution >= 0.6 is 11.6 Å². The van der Waals surface area contributed by atoms with Gasteiger partial charge in [-0.25, -0.2) is 5.10 Å². The summed E-state index contributed by atoms with van der Waals surface area (Å²) >= 11 is 6.11. The van der Waals surface area contributed by atoms with Crippen LogP contribution in [0.25, 0.3) is 0 Å². The van der Waals surface area contributed by atoms with E-state index in [1.807, 2.05) is 0 Å². The van der Waals surface area contributed by atoms with E-state index in [2.05, 4.69) is 33.8 Å². The number of piperidine rings is 1. The van der Waals surface area contributed by atoms with E-state index in [0.29, 0.717) is 12.2 Å². The maximum atomic E-state index is 11.6. The molecule has 2 fully saturated rings. The Balaban J connectivity index is 1.47. The first-order valence-corrected chi connectivity index (χ1v) is 9.26. The average molecular weight is 355 g/mol. The van der Waals surface area contributed by atoms with E-state index < -0.39 is 0 Å². The summed E-state index contributed by atoms with van der Waals surface area (Å²) in [4.78, 5) is 16.3. The summed E-state index contributed by atoms with van der Waals surface area (Å²) in [7, 11) is 0. The van der Waals surface area contributed by atoms with Crippen molar-refractivity contribution in [1.82, 2.24) is 15.1 Å². The molecule has 24 heavy (non-hydrogen) atoms. The molecule has 7 heteroatoms. The molecule has 6 nitrogen and oxygen atoms in total. The normalized spacial score (nSPS) is 26.7. The number of halogens is 1. The summed E-state index contributed by atoms with van der Waals surface area (Å²) < 4.78 is 5.80. The third kappa shape index (κ3) is 4.29. The van der Waals surface area contributed by atoms with Gasteiger partial charge in [-0.1, -0.05) is 11.6 Å². The molecule has 1 aromatic heterocycles. The van der Waals surface area contributed by atoms with Crippen LogP contribution in [0.2, 0.25) is 5.02 Å². The van der Waals surface area contributed by atoms with Crippen LogP contribution in [0.15, 0.2) is 11.0 Å². The number of anilines is 1. The zero-order valence-corrected chi connectivity index (χ0v) is 15.3. The van der Waals surface area contributed by atoms with E-state index in [1.165, 1.54) is 6.42 Å². The first-order valence-electron chi connectivity index (χ1n) is 8.89. The second kappa shape index (κ2) is 7.85. The maximum absolute atomic E-state index is 11.6. The molecule has 3 heterocycles. The molecule has 2 aliphatic rings. The molecule has 0 aromatic carbocycles. The van der Waals surface area contributed by atoms with Crippen LogP contribution < -0.4 is 10.5 Å². The van der Waals surface area contributed by atoms with Gasteiger partial charge in [0.2, 0.25) is 0 Å². The highest BCUT2D eigenvalue weighted by atomic mass is 35.5. The van der Waals surface area contributed by atoms with Crippen LogP contribution in [-0.2, 0) is 4.74 Å². The fourth-order valence-corrected chi connectivity index (χ4v) is 4.10. The van der Waals surface area contributed by atoms with Gasteiger partial charge >= 0.3 is 0 Å². The molecular weight excluding hydrogens is 328 g/mol. The summed E-state index contributed by atoms with van der Waals surface area (Å²) in [6.07, 6.45) is 5.83. The summed E-state index contributed by atoms with van der Waals surface area (Å²) in [5.74, 6) is 0.739. The maximum Gasteiger partial charge on any atom is 0.285 e. The monoisotopic (exact) mass is 354 g/mol. The van der Waals surface area contributed by atoms with Gasteiger partial charge in [0.05, 0.1) is 24.1 Å². The van der Waals surface area contributed by atoms with Crippen LogP contribution in [-0.4, -0.2) is 60.0 Å². The Hall–Kier alpha value is -1.11. The van der Waals surface area contributed by atoms with E-state index in [-0.39, 0.29) is 10.6 Å². The first kappa shape index (κ1) is 17.7. The van der Waals surface area contributed by atoms with Crippen molar-refractivity contribution < 1.29 is 4.74 Å². The van der Waals surface area contributed by atoms with Gasteiger partial charge in [-0.2, -0.15) is 5.10 Å². The molecule has 1 aromatic rings. The predicted octanol–water partition coefficient (Wildman–Crippen LogP) is 2.14. The van der Waals surface area contributed by atoms with Crippen molar-refractivity contribution in [3.05, 3.63) is 21.6 Å². The summed E-state index contributed by atoms with van der Waals surface area (Å²) in [5.41, 5.74) is 0.446. The average Bonchev–Trinajstić information content (AvgIpc) is 2.55. The molecule has 2 saturated heterocycles. The Morgan fingerprint density at radius 3 is 2.62 bits per heavy atom. The molecule has 2 atom stereocenters. The SMILES string of the molecule is CC1CN(CCC2CCN(c3cn[nH]c(=O)c3Cl)CC2)CC(C)O1. The van der Waals surface area contributed by atoms with Gasteiger partial charge in [-0.15, -0.1) is 0 Å². The minimum Gasteiger partial charge on any atom is -0.373 e. The number of aromatic amines is 1. The largest absolute Gasteiger partial charge is 0.373 e. The van der Waals surface area contributed by atoms with Crippen molar-refractivity contribution in [3.63, 3.8) is 0 Å². The molecule has 0 saturated carbocycles. The lowest BCUT2D eigenvalue weighted by Crippen LogP contribution is -2.46. The van der Waals surface area contributed by atoms with Crippen molar-refractivity contribution in [2.75, 3.05) is 37.6 Å². The highest BCUT2D eigenvalue weighted by Gasteiger charge is 2.25. The third-order valence-electron chi connectivity index (χ3n) is 5.08. The zero-order chi connectivity index (χ0) is 17.1. The fourth-order valence-electron chi connectivity index (χ4n) is 3.89. The van der Waals surface area contributed by atoms with E-state index >= 15 is 0 Å². The van der Waals surface area contributed by atoms with E-state index in [9.17, 15) is 4.79 Å². The van der Waals surface area contributed by atoms with Crippen molar-refractivity contribution in [1.29, 1.82) is 0 Å². The number of hydrogen-bond donors (Lipinski definition) is 1. The third-order valence-corrected chi connectivity index (χ3v) is 5.45. The van der Waals surface area contributed by atoms with Crippen LogP contribution in [0.4, 0.5) is 5.69 Å². The highest BCUT2D eigenvalue weighted by Crippen LogP contribution is 2.28.